The van der Waals surface area contributed by atoms with Gasteiger partial charge >= 0.3 is 7.12 Å². The molecule has 1 N–H and O–H groups in total. The van der Waals surface area contributed by atoms with Crippen LogP contribution < -0.4 is 10.8 Å². The fourth-order valence-corrected chi connectivity index (χ4v) is 2.01. The minimum atomic E-state index is -0.699. The molecule has 1 aromatic heterocycles. The number of aromatic nitrogens is 1. The first-order chi connectivity index (χ1) is 9.71. The second kappa shape index (κ2) is 5.24. The van der Waals surface area contributed by atoms with Gasteiger partial charge in [-0.15, -0.1) is 0 Å². The molecule has 1 fully saturated rings. The van der Waals surface area contributed by atoms with Crippen LogP contribution in [-0.2, 0) is 9.31 Å². The number of hydrogen-bond acceptors (Lipinski definition) is 5. The predicted molar refractivity (Wildman–Crippen MR) is 78.7 cm³/mol. The normalized spacial score (nSPS) is 19.4. The molecule has 0 spiro atoms. The van der Waals surface area contributed by atoms with Crippen molar-refractivity contribution >= 4 is 24.8 Å². The van der Waals surface area contributed by atoms with Crippen molar-refractivity contribution in [3.8, 4) is 0 Å². The highest BCUT2D eigenvalue weighted by Gasteiger charge is 2.52. The van der Waals surface area contributed by atoms with E-state index in [1.165, 1.54) is 7.05 Å². The summed E-state index contributed by atoms with van der Waals surface area (Å²) in [6.07, 6.45) is 0.598. The Hall–Kier alpha value is -1.73. The zero-order valence-electron chi connectivity index (χ0n) is 12.9. The van der Waals surface area contributed by atoms with E-state index in [1.54, 1.807) is 12.1 Å². The number of rotatable bonds is 3. The third-order valence-corrected chi connectivity index (χ3v) is 4.02. The highest BCUT2D eigenvalue weighted by atomic mass is 16.7. The smallest absolute Gasteiger partial charge is 0.399 e. The Morgan fingerprint density at radius 1 is 1.24 bits per heavy atom. The van der Waals surface area contributed by atoms with Gasteiger partial charge < -0.3 is 14.6 Å². The quantitative estimate of drug-likeness (QED) is 0.650. The number of pyridine rings is 1. The number of hydrogen-bond donors (Lipinski definition) is 1. The summed E-state index contributed by atoms with van der Waals surface area (Å²) in [6.45, 7) is 7.72. The molecule has 0 atom stereocenters. The van der Waals surface area contributed by atoms with Crippen LogP contribution in [0.25, 0.3) is 0 Å². The maximum absolute atomic E-state index is 12.0. The first kappa shape index (κ1) is 15.7. The molecule has 0 unspecified atom stereocenters. The van der Waals surface area contributed by atoms with Crippen LogP contribution in [0.2, 0.25) is 0 Å². The second-order valence-corrected chi connectivity index (χ2v) is 5.96. The summed E-state index contributed by atoms with van der Waals surface area (Å²) in [5.74, 6) is -0.386. The van der Waals surface area contributed by atoms with Gasteiger partial charge in [-0.3, -0.25) is 9.59 Å². The lowest BCUT2D eigenvalue weighted by Gasteiger charge is -2.32. The van der Waals surface area contributed by atoms with E-state index in [2.05, 4.69) is 10.3 Å². The number of aldehydes is 1. The van der Waals surface area contributed by atoms with Crippen LogP contribution in [0.3, 0.4) is 0 Å². The van der Waals surface area contributed by atoms with Crippen molar-refractivity contribution in [3.63, 3.8) is 0 Å². The van der Waals surface area contributed by atoms with Gasteiger partial charge in [0.25, 0.3) is 5.91 Å². The predicted octanol–water partition coefficient (Wildman–Crippen LogP) is 0.553. The molecule has 0 aliphatic carbocycles. The van der Waals surface area contributed by atoms with Crippen molar-refractivity contribution < 1.29 is 18.9 Å². The molecule has 7 heteroatoms. The first-order valence-electron chi connectivity index (χ1n) is 6.75. The van der Waals surface area contributed by atoms with Gasteiger partial charge in [0.15, 0.2) is 6.29 Å². The number of carbonyl (C=O) groups is 2. The van der Waals surface area contributed by atoms with Crippen molar-refractivity contribution in [1.29, 1.82) is 0 Å². The van der Waals surface area contributed by atoms with Crippen LogP contribution in [-0.4, -0.2) is 42.5 Å². The molecule has 0 aromatic carbocycles. The maximum atomic E-state index is 12.0. The Labute approximate surface area is 124 Å². The van der Waals surface area contributed by atoms with Gasteiger partial charge in [0.1, 0.15) is 11.4 Å². The summed E-state index contributed by atoms with van der Waals surface area (Å²) in [5, 5.41) is 2.51. The van der Waals surface area contributed by atoms with Crippen LogP contribution in [0, 0.1) is 0 Å². The monoisotopic (exact) mass is 290 g/mol. The molecule has 2 rings (SSSR count). The first-order valence-corrected chi connectivity index (χ1v) is 6.75. The molecule has 1 aliphatic rings. The molecule has 1 saturated heterocycles. The molecule has 21 heavy (non-hydrogen) atoms. The van der Waals surface area contributed by atoms with E-state index >= 15 is 0 Å². The van der Waals surface area contributed by atoms with E-state index in [9.17, 15) is 9.59 Å². The molecule has 1 amide bonds. The molecule has 0 saturated carbocycles. The summed E-state index contributed by atoms with van der Waals surface area (Å²) in [6, 6.07) is 3.18. The highest BCUT2D eigenvalue weighted by molar-refractivity contribution is 6.63. The van der Waals surface area contributed by atoms with E-state index in [0.29, 0.717) is 11.7 Å². The van der Waals surface area contributed by atoms with Crippen LogP contribution in [0.15, 0.2) is 12.1 Å². The minimum absolute atomic E-state index is 0.139. The van der Waals surface area contributed by atoms with E-state index in [-0.39, 0.29) is 17.3 Å². The fraction of sp³-hybridized carbons (Fsp3) is 0.500. The van der Waals surface area contributed by atoms with Crippen molar-refractivity contribution in [2.24, 2.45) is 0 Å². The van der Waals surface area contributed by atoms with Gasteiger partial charge in [0.05, 0.1) is 11.2 Å². The summed E-state index contributed by atoms with van der Waals surface area (Å²) >= 11 is 0. The van der Waals surface area contributed by atoms with Gasteiger partial charge in [-0.25, -0.2) is 4.98 Å². The standard InChI is InChI=1S/C14H19BN2O4/c1-13(2)14(3,4)21-15(20-13)10-7-6-9(8-18)17-11(10)12(19)16-5/h6-8H,1-5H3,(H,16,19). The van der Waals surface area contributed by atoms with Crippen LogP contribution in [0.5, 0.6) is 0 Å². The molecular formula is C14H19BN2O4. The van der Waals surface area contributed by atoms with E-state index in [0.717, 1.165) is 0 Å². The number of nitrogens with zero attached hydrogens (tertiary/aromatic N) is 1. The van der Waals surface area contributed by atoms with Gasteiger partial charge in [-0.2, -0.15) is 0 Å². The molecule has 0 bridgehead atoms. The summed E-state index contributed by atoms with van der Waals surface area (Å²) in [5.41, 5.74) is -0.185. The largest absolute Gasteiger partial charge is 0.497 e. The van der Waals surface area contributed by atoms with E-state index in [4.69, 9.17) is 9.31 Å². The molecule has 1 aliphatic heterocycles. The second-order valence-electron chi connectivity index (χ2n) is 5.96. The number of nitrogens with one attached hydrogen (secondary N) is 1. The van der Waals surface area contributed by atoms with E-state index < -0.39 is 18.3 Å². The third kappa shape index (κ3) is 2.71. The zero-order valence-corrected chi connectivity index (χ0v) is 12.9. The van der Waals surface area contributed by atoms with Crippen molar-refractivity contribution in [2.45, 2.75) is 38.9 Å². The molecule has 6 nitrogen and oxygen atoms in total. The molecule has 112 valence electrons. The van der Waals surface area contributed by atoms with Crippen molar-refractivity contribution in [1.82, 2.24) is 10.3 Å². The van der Waals surface area contributed by atoms with Gasteiger partial charge in [-0.05, 0) is 33.8 Å². The lowest BCUT2D eigenvalue weighted by Crippen LogP contribution is -2.41. The Kier molecular flexibility index (Phi) is 3.90. The Bertz CT molecular complexity index is 570. The lowest BCUT2D eigenvalue weighted by molar-refractivity contribution is 0.00578. The summed E-state index contributed by atoms with van der Waals surface area (Å²) < 4.78 is 11.9. The van der Waals surface area contributed by atoms with Crippen molar-refractivity contribution in [3.05, 3.63) is 23.5 Å². The molecule has 0 radical (unpaired) electrons. The summed E-state index contributed by atoms with van der Waals surface area (Å²) in [4.78, 5) is 26.9. The minimum Gasteiger partial charge on any atom is -0.399 e. The van der Waals surface area contributed by atoms with Gasteiger partial charge in [-0.1, -0.05) is 6.07 Å². The fourth-order valence-electron chi connectivity index (χ4n) is 2.01. The van der Waals surface area contributed by atoms with E-state index in [1.807, 2.05) is 27.7 Å². The Morgan fingerprint density at radius 3 is 2.29 bits per heavy atom. The average molecular weight is 290 g/mol. The van der Waals surface area contributed by atoms with Crippen LogP contribution >= 0.6 is 0 Å². The van der Waals surface area contributed by atoms with Gasteiger partial charge in [0, 0.05) is 12.5 Å². The van der Waals surface area contributed by atoms with Gasteiger partial charge in [0.2, 0.25) is 0 Å². The molecular weight excluding hydrogens is 271 g/mol. The van der Waals surface area contributed by atoms with Crippen molar-refractivity contribution in [2.75, 3.05) is 7.05 Å². The SMILES string of the molecule is CNC(=O)c1nc(C=O)ccc1B1OC(C)(C)C(C)(C)O1. The van der Waals surface area contributed by atoms with Crippen LogP contribution in [0.4, 0.5) is 0 Å². The average Bonchev–Trinajstić information content (AvgIpc) is 2.65. The Balaban J connectivity index is 2.45. The summed E-state index contributed by atoms with van der Waals surface area (Å²) in [7, 11) is 0.807. The lowest BCUT2D eigenvalue weighted by atomic mass is 9.77. The molecule has 1 aromatic rings. The zero-order chi connectivity index (χ0) is 15.8. The topological polar surface area (TPSA) is 77.5 Å². The highest BCUT2D eigenvalue weighted by Crippen LogP contribution is 2.36. The Morgan fingerprint density at radius 2 is 1.81 bits per heavy atom. The molecule has 2 heterocycles. The maximum Gasteiger partial charge on any atom is 0.497 e. The van der Waals surface area contributed by atoms with Crippen LogP contribution in [0.1, 0.15) is 48.7 Å². The third-order valence-electron chi connectivity index (χ3n) is 4.02. The number of amides is 1. The number of carbonyl (C=O) groups excluding carboxylic acids is 2.